The highest BCUT2D eigenvalue weighted by molar-refractivity contribution is 5.94. The van der Waals surface area contributed by atoms with Gasteiger partial charge in [-0.15, -0.1) is 0 Å². The van der Waals surface area contributed by atoms with Crippen LogP contribution in [-0.4, -0.2) is 43.2 Å². The monoisotopic (exact) mass is 445 g/mol. The highest BCUT2D eigenvalue weighted by atomic mass is 16.5. The number of hydrogen-bond donors (Lipinski definition) is 1. The molecule has 0 atom stereocenters. The first-order valence-corrected chi connectivity index (χ1v) is 10.4. The van der Waals surface area contributed by atoms with Gasteiger partial charge in [0.2, 0.25) is 5.76 Å². The van der Waals surface area contributed by atoms with Crippen molar-refractivity contribution in [1.29, 1.82) is 0 Å². The number of amides is 1. The zero-order chi connectivity index (χ0) is 24.0. The highest BCUT2D eigenvalue weighted by Gasteiger charge is 2.13. The molecule has 33 heavy (non-hydrogen) atoms. The second-order valence-corrected chi connectivity index (χ2v) is 7.68. The van der Waals surface area contributed by atoms with E-state index >= 15 is 0 Å². The second-order valence-electron chi connectivity index (χ2n) is 7.68. The molecule has 0 saturated heterocycles. The van der Waals surface area contributed by atoms with Crippen molar-refractivity contribution >= 4 is 18.0 Å². The van der Waals surface area contributed by atoms with Crippen LogP contribution in [0.15, 0.2) is 72.5 Å². The van der Waals surface area contributed by atoms with Crippen molar-refractivity contribution in [3.05, 3.63) is 94.7 Å². The lowest BCUT2D eigenvalue weighted by Gasteiger charge is -2.18. The normalized spacial score (nSPS) is 11.1. The number of carbonyl (C=O) groups is 2. The minimum Gasteiger partial charge on any atom is -0.497 e. The van der Waals surface area contributed by atoms with E-state index in [0.29, 0.717) is 17.9 Å². The SMILES string of the molecule is COC(=Cc1ccc(-c2cccc(CN(C)C(=O)c3ccc(OC)cc3)c2)c(C)c1)C(=O)O. The molecule has 0 spiro atoms. The Labute approximate surface area is 193 Å². The number of aliphatic carboxylic acids is 1. The third kappa shape index (κ3) is 5.80. The zero-order valence-corrected chi connectivity index (χ0v) is 19.2. The summed E-state index contributed by atoms with van der Waals surface area (Å²) >= 11 is 0. The summed E-state index contributed by atoms with van der Waals surface area (Å²) < 4.78 is 10.1. The zero-order valence-electron chi connectivity index (χ0n) is 19.2. The molecule has 0 aliphatic heterocycles. The number of carbonyl (C=O) groups excluding carboxylic acids is 1. The molecule has 3 rings (SSSR count). The molecular formula is C27H27NO5. The van der Waals surface area contributed by atoms with Crippen molar-refractivity contribution in [2.24, 2.45) is 0 Å². The standard InChI is InChI=1S/C27H27NO5/c1-18-14-19(16-25(33-4)27(30)31)8-13-24(18)22-7-5-6-20(15-22)17-28(2)26(29)21-9-11-23(32-3)12-10-21/h5-16H,17H2,1-4H3,(H,30,31). The van der Waals surface area contributed by atoms with Crippen molar-refractivity contribution in [2.75, 3.05) is 21.3 Å². The number of methoxy groups -OCH3 is 2. The van der Waals surface area contributed by atoms with Gasteiger partial charge in [-0.3, -0.25) is 4.79 Å². The molecule has 0 aliphatic rings. The van der Waals surface area contributed by atoms with Crippen LogP contribution in [-0.2, 0) is 16.1 Å². The fourth-order valence-corrected chi connectivity index (χ4v) is 3.60. The van der Waals surface area contributed by atoms with Crippen molar-refractivity contribution in [1.82, 2.24) is 4.90 Å². The van der Waals surface area contributed by atoms with Crippen LogP contribution in [0.1, 0.15) is 27.0 Å². The van der Waals surface area contributed by atoms with Crippen molar-refractivity contribution in [3.63, 3.8) is 0 Å². The minimum atomic E-state index is -1.11. The molecule has 6 heteroatoms. The molecule has 0 bridgehead atoms. The van der Waals surface area contributed by atoms with Crippen molar-refractivity contribution in [3.8, 4) is 16.9 Å². The quantitative estimate of drug-likeness (QED) is 0.389. The van der Waals surface area contributed by atoms with Crippen LogP contribution in [0, 0.1) is 6.92 Å². The fourth-order valence-electron chi connectivity index (χ4n) is 3.60. The van der Waals surface area contributed by atoms with Gasteiger partial charge >= 0.3 is 5.97 Å². The lowest BCUT2D eigenvalue weighted by Crippen LogP contribution is -2.26. The van der Waals surface area contributed by atoms with E-state index < -0.39 is 5.97 Å². The Morgan fingerprint density at radius 1 is 1.00 bits per heavy atom. The van der Waals surface area contributed by atoms with E-state index in [4.69, 9.17) is 14.6 Å². The molecule has 0 fully saturated rings. The number of nitrogens with zero attached hydrogens (tertiary/aromatic N) is 1. The van der Waals surface area contributed by atoms with Gasteiger partial charge in [0.15, 0.2) is 0 Å². The average Bonchev–Trinajstić information content (AvgIpc) is 2.82. The van der Waals surface area contributed by atoms with Gasteiger partial charge in [0.05, 0.1) is 14.2 Å². The van der Waals surface area contributed by atoms with Crippen LogP contribution in [0.5, 0.6) is 5.75 Å². The van der Waals surface area contributed by atoms with Gasteiger partial charge in [-0.1, -0.05) is 36.4 Å². The third-order valence-electron chi connectivity index (χ3n) is 5.32. The smallest absolute Gasteiger partial charge is 0.371 e. The topological polar surface area (TPSA) is 76.1 Å². The average molecular weight is 446 g/mol. The Kier molecular flexibility index (Phi) is 7.51. The van der Waals surface area contributed by atoms with Crippen molar-refractivity contribution in [2.45, 2.75) is 13.5 Å². The molecule has 0 aliphatic carbocycles. The minimum absolute atomic E-state index is 0.0669. The molecule has 170 valence electrons. The van der Waals surface area contributed by atoms with Crippen LogP contribution < -0.4 is 4.74 Å². The molecule has 0 heterocycles. The molecule has 6 nitrogen and oxygen atoms in total. The molecule has 1 N–H and O–H groups in total. The van der Waals surface area contributed by atoms with E-state index in [0.717, 1.165) is 27.8 Å². The van der Waals surface area contributed by atoms with Gasteiger partial charge in [-0.05, 0) is 71.1 Å². The fraction of sp³-hybridized carbons (Fsp3) is 0.185. The number of aryl methyl sites for hydroxylation is 1. The maximum absolute atomic E-state index is 12.8. The molecular weight excluding hydrogens is 418 g/mol. The number of ether oxygens (including phenoxy) is 2. The predicted molar refractivity (Wildman–Crippen MR) is 128 cm³/mol. The molecule has 0 unspecified atom stereocenters. The van der Waals surface area contributed by atoms with Gasteiger partial charge in [0, 0.05) is 19.2 Å². The molecule has 0 saturated carbocycles. The van der Waals surface area contributed by atoms with E-state index in [1.165, 1.54) is 13.2 Å². The molecule has 3 aromatic carbocycles. The number of carboxylic acid groups (broad SMARTS) is 1. The van der Waals surface area contributed by atoms with Crippen LogP contribution in [0.25, 0.3) is 17.2 Å². The van der Waals surface area contributed by atoms with Crippen LogP contribution in [0.3, 0.4) is 0 Å². The maximum Gasteiger partial charge on any atom is 0.371 e. The Balaban J connectivity index is 1.79. The number of hydrogen-bond acceptors (Lipinski definition) is 4. The number of rotatable bonds is 8. The van der Waals surface area contributed by atoms with E-state index in [1.807, 2.05) is 43.3 Å². The summed E-state index contributed by atoms with van der Waals surface area (Å²) in [5.74, 6) is -0.586. The summed E-state index contributed by atoms with van der Waals surface area (Å²) in [5.41, 5.74) is 5.42. The van der Waals surface area contributed by atoms with Crippen molar-refractivity contribution < 1.29 is 24.2 Å². The Morgan fingerprint density at radius 2 is 1.73 bits per heavy atom. The summed E-state index contributed by atoms with van der Waals surface area (Å²) in [4.78, 5) is 25.6. The predicted octanol–water partition coefficient (Wildman–Crippen LogP) is 5.01. The largest absolute Gasteiger partial charge is 0.497 e. The van der Waals surface area contributed by atoms with Gasteiger partial charge in [-0.25, -0.2) is 4.79 Å². The van der Waals surface area contributed by atoms with Gasteiger partial charge < -0.3 is 19.5 Å². The summed E-state index contributed by atoms with van der Waals surface area (Å²) in [6.45, 7) is 2.44. The molecule has 0 aromatic heterocycles. The van der Waals surface area contributed by atoms with Crippen LogP contribution >= 0.6 is 0 Å². The number of benzene rings is 3. The van der Waals surface area contributed by atoms with Gasteiger partial charge in [0.25, 0.3) is 5.91 Å². The van der Waals surface area contributed by atoms with E-state index in [2.05, 4.69) is 6.07 Å². The molecule has 0 radical (unpaired) electrons. The van der Waals surface area contributed by atoms with Gasteiger partial charge in [-0.2, -0.15) is 0 Å². The van der Waals surface area contributed by atoms with Crippen LogP contribution in [0.4, 0.5) is 0 Å². The first-order valence-electron chi connectivity index (χ1n) is 10.4. The van der Waals surface area contributed by atoms with E-state index in [-0.39, 0.29) is 11.7 Å². The third-order valence-corrected chi connectivity index (χ3v) is 5.32. The lowest BCUT2D eigenvalue weighted by atomic mass is 9.96. The van der Waals surface area contributed by atoms with Crippen LogP contribution in [0.2, 0.25) is 0 Å². The Morgan fingerprint density at radius 3 is 2.33 bits per heavy atom. The summed E-state index contributed by atoms with van der Waals surface area (Å²) in [6, 6.07) is 20.8. The molecule has 1 amide bonds. The highest BCUT2D eigenvalue weighted by Crippen LogP contribution is 2.26. The summed E-state index contributed by atoms with van der Waals surface area (Å²) in [7, 11) is 4.71. The Hall–Kier alpha value is -4.06. The molecule has 3 aromatic rings. The first-order chi connectivity index (χ1) is 15.8. The first kappa shape index (κ1) is 23.6. The van der Waals surface area contributed by atoms with Gasteiger partial charge in [0.1, 0.15) is 5.75 Å². The Bertz CT molecular complexity index is 1180. The summed E-state index contributed by atoms with van der Waals surface area (Å²) in [5, 5.41) is 9.15. The summed E-state index contributed by atoms with van der Waals surface area (Å²) in [6.07, 6.45) is 1.50. The van der Waals surface area contributed by atoms with E-state index in [1.54, 1.807) is 43.3 Å². The van der Waals surface area contributed by atoms with E-state index in [9.17, 15) is 9.59 Å². The lowest BCUT2D eigenvalue weighted by molar-refractivity contribution is -0.135. The second kappa shape index (κ2) is 10.5. The maximum atomic E-state index is 12.8. The number of carboxylic acids is 1.